The molecule has 1 aromatic heterocycles. The van der Waals surface area contributed by atoms with E-state index in [1.165, 1.54) is 0 Å². The van der Waals surface area contributed by atoms with Gasteiger partial charge in [0.2, 0.25) is 0 Å². The van der Waals surface area contributed by atoms with Crippen LogP contribution in [0.2, 0.25) is 0 Å². The smallest absolute Gasteiger partial charge is 0.262 e. The summed E-state index contributed by atoms with van der Waals surface area (Å²) in [5.74, 6) is 0.747. The number of carbonyl (C=O) groups excluding carboxylic acids is 1. The van der Waals surface area contributed by atoms with Crippen molar-refractivity contribution < 1.29 is 9.53 Å². The van der Waals surface area contributed by atoms with Gasteiger partial charge in [-0.3, -0.25) is 9.89 Å². The number of hydrogen-bond donors (Lipinski definition) is 3. The molecule has 0 atom stereocenters. The summed E-state index contributed by atoms with van der Waals surface area (Å²) in [4.78, 5) is 12.4. The Morgan fingerprint density at radius 3 is 2.95 bits per heavy atom. The molecule has 20 heavy (non-hydrogen) atoms. The van der Waals surface area contributed by atoms with Gasteiger partial charge in [-0.05, 0) is 25.5 Å². The van der Waals surface area contributed by atoms with Gasteiger partial charge in [0, 0.05) is 11.3 Å². The topological polar surface area (TPSA) is 93.0 Å². The van der Waals surface area contributed by atoms with Crippen LogP contribution in [-0.2, 0) is 6.42 Å². The van der Waals surface area contributed by atoms with Crippen LogP contribution in [-0.4, -0.2) is 22.7 Å². The molecule has 2 aromatic rings. The van der Waals surface area contributed by atoms with Crippen molar-refractivity contribution in [2.75, 3.05) is 17.7 Å². The lowest BCUT2D eigenvalue weighted by molar-refractivity contribution is 0.102. The number of aromatic nitrogens is 2. The van der Waals surface area contributed by atoms with Crippen molar-refractivity contribution in [1.82, 2.24) is 10.2 Å². The van der Waals surface area contributed by atoms with E-state index < -0.39 is 0 Å². The number of amides is 1. The first-order chi connectivity index (χ1) is 9.67. The highest BCUT2D eigenvalue weighted by Crippen LogP contribution is 2.26. The lowest BCUT2D eigenvalue weighted by Gasteiger charge is -2.12. The molecule has 4 N–H and O–H groups in total. The number of aromatic amines is 1. The molecule has 0 bridgehead atoms. The van der Waals surface area contributed by atoms with Crippen molar-refractivity contribution in [2.45, 2.75) is 20.3 Å². The van der Waals surface area contributed by atoms with E-state index in [4.69, 9.17) is 10.5 Å². The van der Waals surface area contributed by atoms with Crippen LogP contribution in [0.3, 0.4) is 0 Å². The number of hydrogen-bond acceptors (Lipinski definition) is 4. The Bertz CT molecular complexity index is 607. The van der Waals surface area contributed by atoms with Gasteiger partial charge in [-0.2, -0.15) is 5.10 Å². The first-order valence-electron chi connectivity index (χ1n) is 6.52. The second-order valence-electron chi connectivity index (χ2n) is 4.23. The molecule has 106 valence electrons. The highest BCUT2D eigenvalue weighted by atomic mass is 16.5. The third kappa shape index (κ3) is 2.74. The van der Waals surface area contributed by atoms with Crippen LogP contribution >= 0.6 is 0 Å². The number of nitrogens with two attached hydrogens (primary N) is 1. The fourth-order valence-electron chi connectivity index (χ4n) is 1.93. The fraction of sp³-hybridized carbons (Fsp3) is 0.286. The molecule has 0 aliphatic carbocycles. The number of anilines is 2. The number of nitrogens with zero attached hydrogens (tertiary/aromatic N) is 1. The molecule has 0 saturated heterocycles. The van der Waals surface area contributed by atoms with Gasteiger partial charge in [0.15, 0.2) is 0 Å². The second kappa shape index (κ2) is 6.10. The Kier molecular flexibility index (Phi) is 4.24. The van der Waals surface area contributed by atoms with Gasteiger partial charge >= 0.3 is 0 Å². The van der Waals surface area contributed by atoms with E-state index in [1.807, 2.05) is 13.8 Å². The molecule has 0 aliphatic heterocycles. The van der Waals surface area contributed by atoms with Crippen LogP contribution in [0.4, 0.5) is 11.5 Å². The predicted octanol–water partition coefficient (Wildman–Crippen LogP) is 2.21. The molecule has 2 rings (SSSR count). The minimum absolute atomic E-state index is 0.314. The molecule has 1 aromatic carbocycles. The summed E-state index contributed by atoms with van der Waals surface area (Å²) in [6.07, 6.45) is 2.46. The van der Waals surface area contributed by atoms with Crippen LogP contribution in [0.25, 0.3) is 0 Å². The zero-order chi connectivity index (χ0) is 14.5. The summed E-state index contributed by atoms with van der Waals surface area (Å²) in [5.41, 5.74) is 7.54. The Morgan fingerprint density at radius 2 is 2.25 bits per heavy atom. The average Bonchev–Trinajstić information content (AvgIpc) is 2.86. The quantitative estimate of drug-likeness (QED) is 0.729. The second-order valence-corrected chi connectivity index (χ2v) is 4.23. The Balaban J connectivity index is 2.29. The molecular formula is C14H18N4O2. The number of nitrogens with one attached hydrogen (secondary N) is 2. The number of nitrogen functional groups attached to an aromatic ring is 1. The summed E-state index contributed by atoms with van der Waals surface area (Å²) >= 11 is 0. The largest absolute Gasteiger partial charge is 0.493 e. The number of benzene rings is 1. The molecule has 0 spiro atoms. The highest BCUT2D eigenvalue weighted by molar-refractivity contribution is 6.09. The Morgan fingerprint density at radius 1 is 1.45 bits per heavy atom. The van der Waals surface area contributed by atoms with Crippen molar-refractivity contribution in [3.8, 4) is 5.75 Å². The van der Waals surface area contributed by atoms with E-state index >= 15 is 0 Å². The molecule has 6 nitrogen and oxygen atoms in total. The van der Waals surface area contributed by atoms with E-state index in [-0.39, 0.29) is 5.91 Å². The molecule has 1 heterocycles. The van der Waals surface area contributed by atoms with E-state index in [0.717, 1.165) is 12.0 Å². The van der Waals surface area contributed by atoms with Crippen LogP contribution < -0.4 is 15.8 Å². The molecule has 0 fully saturated rings. The lowest BCUT2D eigenvalue weighted by atomic mass is 10.1. The van der Waals surface area contributed by atoms with E-state index in [0.29, 0.717) is 29.4 Å². The average molecular weight is 274 g/mol. The summed E-state index contributed by atoms with van der Waals surface area (Å²) in [5, 5.41) is 9.46. The van der Waals surface area contributed by atoms with Gasteiger partial charge in [0.25, 0.3) is 5.91 Å². The van der Waals surface area contributed by atoms with Gasteiger partial charge in [-0.15, -0.1) is 0 Å². The maximum Gasteiger partial charge on any atom is 0.262 e. The third-order valence-corrected chi connectivity index (χ3v) is 2.92. The van der Waals surface area contributed by atoms with Gasteiger partial charge in [0.05, 0.1) is 12.8 Å². The van der Waals surface area contributed by atoms with Crippen molar-refractivity contribution in [3.05, 3.63) is 35.5 Å². The first kappa shape index (κ1) is 13.9. The number of carbonyl (C=O) groups is 1. The Hall–Kier alpha value is -2.50. The van der Waals surface area contributed by atoms with Crippen molar-refractivity contribution in [2.24, 2.45) is 0 Å². The predicted molar refractivity (Wildman–Crippen MR) is 77.9 cm³/mol. The SMILES string of the molecule is CCOc1cccc(N)c1C(=O)Nc1[nH]ncc1CC. The van der Waals surface area contributed by atoms with Crippen molar-refractivity contribution >= 4 is 17.4 Å². The maximum atomic E-state index is 12.4. The monoisotopic (exact) mass is 274 g/mol. The third-order valence-electron chi connectivity index (χ3n) is 2.92. The van der Waals surface area contributed by atoms with Gasteiger partial charge in [-0.1, -0.05) is 13.0 Å². The number of aryl methyl sites for hydroxylation is 1. The maximum absolute atomic E-state index is 12.4. The van der Waals surface area contributed by atoms with Crippen molar-refractivity contribution in [3.63, 3.8) is 0 Å². The minimum atomic E-state index is -0.314. The molecule has 0 radical (unpaired) electrons. The number of ether oxygens (including phenoxy) is 1. The summed E-state index contributed by atoms with van der Waals surface area (Å²) in [6, 6.07) is 5.15. The molecule has 6 heteroatoms. The number of rotatable bonds is 5. The van der Waals surface area contributed by atoms with Crippen LogP contribution in [0.1, 0.15) is 29.8 Å². The van der Waals surface area contributed by atoms with Gasteiger partial charge in [0.1, 0.15) is 17.1 Å². The number of H-pyrrole nitrogens is 1. The van der Waals surface area contributed by atoms with Crippen LogP contribution in [0.5, 0.6) is 5.75 Å². The zero-order valence-electron chi connectivity index (χ0n) is 11.6. The molecule has 0 saturated carbocycles. The molecule has 1 amide bonds. The summed E-state index contributed by atoms with van der Waals surface area (Å²) < 4.78 is 5.45. The molecule has 0 aliphatic rings. The van der Waals surface area contributed by atoms with E-state index in [1.54, 1.807) is 24.4 Å². The lowest BCUT2D eigenvalue weighted by Crippen LogP contribution is -2.17. The molecule has 0 unspecified atom stereocenters. The van der Waals surface area contributed by atoms with Crippen molar-refractivity contribution in [1.29, 1.82) is 0 Å². The zero-order valence-corrected chi connectivity index (χ0v) is 11.6. The van der Waals surface area contributed by atoms with E-state index in [9.17, 15) is 4.79 Å². The summed E-state index contributed by atoms with van der Waals surface area (Å²) in [6.45, 7) is 4.31. The van der Waals surface area contributed by atoms with Crippen LogP contribution in [0.15, 0.2) is 24.4 Å². The standard InChI is InChI=1S/C14H18N4O2/c1-3-9-8-16-18-13(9)17-14(19)12-10(15)6-5-7-11(12)20-4-2/h5-8H,3-4,15H2,1-2H3,(H2,16,17,18,19). The Labute approximate surface area is 117 Å². The van der Waals surface area contributed by atoms with Gasteiger partial charge in [-0.25, -0.2) is 0 Å². The highest BCUT2D eigenvalue weighted by Gasteiger charge is 2.17. The normalized spacial score (nSPS) is 10.3. The molecular weight excluding hydrogens is 256 g/mol. The minimum Gasteiger partial charge on any atom is -0.493 e. The van der Waals surface area contributed by atoms with Gasteiger partial charge < -0.3 is 15.8 Å². The fourth-order valence-corrected chi connectivity index (χ4v) is 1.93. The van der Waals surface area contributed by atoms with Crippen LogP contribution in [0, 0.1) is 0 Å². The van der Waals surface area contributed by atoms with E-state index in [2.05, 4.69) is 15.5 Å². The summed E-state index contributed by atoms with van der Waals surface area (Å²) in [7, 11) is 0. The first-order valence-corrected chi connectivity index (χ1v) is 6.52.